The monoisotopic (exact) mass is 515 g/mol. The summed E-state index contributed by atoms with van der Waals surface area (Å²) in [6.07, 6.45) is 5.32. The predicted octanol–water partition coefficient (Wildman–Crippen LogP) is 5.08. The van der Waals surface area contributed by atoms with Gasteiger partial charge in [-0.25, -0.2) is 4.39 Å². The Morgan fingerprint density at radius 1 is 0.872 bits per heavy atom. The summed E-state index contributed by atoms with van der Waals surface area (Å²) in [5.41, 5.74) is 1.32. The van der Waals surface area contributed by atoms with Gasteiger partial charge >= 0.3 is 0 Å². The number of benzene rings is 3. The molecule has 6 nitrogen and oxygen atoms in total. The van der Waals surface area contributed by atoms with E-state index in [1.54, 1.807) is 30.3 Å². The van der Waals surface area contributed by atoms with Crippen LogP contribution in [0.25, 0.3) is 6.08 Å². The minimum absolute atomic E-state index is 0.129. The third-order valence-electron chi connectivity index (χ3n) is 8.15. The predicted molar refractivity (Wildman–Crippen MR) is 145 cm³/mol. The van der Waals surface area contributed by atoms with Crippen molar-refractivity contribution in [3.05, 3.63) is 131 Å². The number of nitrogens with zero attached hydrogens (tertiary/aromatic N) is 2. The normalized spacial score (nSPS) is 24.2. The van der Waals surface area contributed by atoms with Gasteiger partial charge in [-0.1, -0.05) is 66.7 Å². The molecule has 190 valence electrons. The fraction of sp³-hybridized carbons (Fsp3) is 0.125. The lowest BCUT2D eigenvalue weighted by Crippen LogP contribution is -2.51. The Morgan fingerprint density at radius 2 is 1.62 bits per heavy atom. The summed E-state index contributed by atoms with van der Waals surface area (Å²) in [7, 11) is 0. The second-order valence-electron chi connectivity index (χ2n) is 9.98. The second kappa shape index (κ2) is 8.56. The van der Waals surface area contributed by atoms with E-state index in [9.17, 15) is 14.4 Å². The molecule has 3 aliphatic heterocycles. The number of pyridine rings is 1. The number of ketones is 2. The van der Waals surface area contributed by atoms with E-state index in [-0.39, 0.29) is 17.2 Å². The van der Waals surface area contributed by atoms with Crippen LogP contribution < -0.4 is 10.2 Å². The molecule has 1 N–H and O–H groups in total. The number of anilines is 2. The molecule has 4 aromatic rings. The first-order valence-corrected chi connectivity index (χ1v) is 12.7. The highest BCUT2D eigenvalue weighted by Crippen LogP contribution is 2.58. The number of fused-ring (bicyclic) bond motifs is 6. The Morgan fingerprint density at radius 3 is 2.44 bits per heavy atom. The van der Waals surface area contributed by atoms with Crippen molar-refractivity contribution >= 4 is 34.9 Å². The molecule has 0 saturated carbocycles. The quantitative estimate of drug-likeness (QED) is 0.384. The number of aromatic nitrogens is 1. The largest absolute Gasteiger partial charge is 0.352 e. The molecule has 0 bridgehead atoms. The minimum atomic E-state index is -1.46. The lowest BCUT2D eigenvalue weighted by atomic mass is 9.64. The van der Waals surface area contributed by atoms with Crippen LogP contribution in [-0.4, -0.2) is 34.5 Å². The molecule has 1 aromatic heterocycles. The molecule has 0 aliphatic carbocycles. The highest BCUT2D eigenvalue weighted by atomic mass is 19.1. The van der Waals surface area contributed by atoms with Gasteiger partial charge in [-0.05, 0) is 47.5 Å². The molecule has 1 fully saturated rings. The van der Waals surface area contributed by atoms with Crippen molar-refractivity contribution < 1.29 is 18.8 Å². The molecule has 0 unspecified atom stereocenters. The summed E-state index contributed by atoms with van der Waals surface area (Å²) in [4.78, 5) is 49.3. The summed E-state index contributed by atoms with van der Waals surface area (Å²) in [6, 6.07) is 23.6. The van der Waals surface area contributed by atoms with E-state index in [1.807, 2.05) is 59.5 Å². The molecular formula is C32H22FN3O3. The van der Waals surface area contributed by atoms with E-state index in [0.29, 0.717) is 16.9 Å². The van der Waals surface area contributed by atoms with Gasteiger partial charge in [-0.3, -0.25) is 19.4 Å². The Hall–Kier alpha value is -4.91. The number of carbonyl (C=O) groups excluding carboxylic acids is 3. The zero-order valence-corrected chi connectivity index (χ0v) is 20.6. The minimum Gasteiger partial charge on any atom is -0.352 e. The number of rotatable bonds is 4. The summed E-state index contributed by atoms with van der Waals surface area (Å²) < 4.78 is 15.1. The van der Waals surface area contributed by atoms with Crippen LogP contribution in [0.1, 0.15) is 32.0 Å². The summed E-state index contributed by atoms with van der Waals surface area (Å²) in [5.74, 6) is -3.25. The Labute approximate surface area is 223 Å². The van der Waals surface area contributed by atoms with Crippen LogP contribution in [0.2, 0.25) is 0 Å². The zero-order valence-electron chi connectivity index (χ0n) is 20.6. The zero-order chi connectivity index (χ0) is 26.7. The Bertz CT molecular complexity index is 1700. The molecule has 4 heterocycles. The van der Waals surface area contributed by atoms with Crippen LogP contribution >= 0.6 is 0 Å². The first kappa shape index (κ1) is 23.2. The van der Waals surface area contributed by atoms with E-state index >= 15 is 4.39 Å². The van der Waals surface area contributed by atoms with Gasteiger partial charge in [0.15, 0.2) is 11.6 Å². The second-order valence-corrected chi connectivity index (χ2v) is 9.98. The average molecular weight is 516 g/mol. The van der Waals surface area contributed by atoms with Crippen molar-refractivity contribution in [3.63, 3.8) is 0 Å². The van der Waals surface area contributed by atoms with Crippen LogP contribution in [0.4, 0.5) is 15.8 Å². The molecule has 7 rings (SSSR count). The number of nitrogens with one attached hydrogen (secondary N) is 1. The summed E-state index contributed by atoms with van der Waals surface area (Å²) >= 11 is 0. The number of Topliss-reactive ketones (excluding diaryl/α,β-unsaturated/α-hetero) is 2. The number of hydrogen-bond acceptors (Lipinski definition) is 5. The van der Waals surface area contributed by atoms with Crippen molar-refractivity contribution in [1.29, 1.82) is 0 Å². The van der Waals surface area contributed by atoms with Gasteiger partial charge in [0.2, 0.25) is 5.91 Å². The topological polar surface area (TPSA) is 79.4 Å². The van der Waals surface area contributed by atoms with Gasteiger partial charge in [0.25, 0.3) is 0 Å². The molecular weight excluding hydrogens is 493 g/mol. The van der Waals surface area contributed by atoms with E-state index in [1.165, 1.54) is 24.4 Å². The van der Waals surface area contributed by atoms with Crippen LogP contribution in [0.15, 0.2) is 103 Å². The van der Waals surface area contributed by atoms with Gasteiger partial charge in [0.1, 0.15) is 23.0 Å². The fourth-order valence-corrected chi connectivity index (χ4v) is 6.61. The van der Waals surface area contributed by atoms with E-state index in [2.05, 4.69) is 10.3 Å². The maximum Gasteiger partial charge on any atom is 0.238 e. The SMILES string of the molecule is O=C(c1ccccc1F)[C@@H]1[C@H](C(=O)c2ccccn2)[C@]2(C(=O)Nc3ccccc32)[C@H]2C=Cc3ccccc3N12. The molecule has 1 amide bonds. The Balaban J connectivity index is 1.55. The lowest BCUT2D eigenvalue weighted by molar-refractivity contribution is -0.121. The van der Waals surface area contributed by atoms with E-state index in [4.69, 9.17) is 0 Å². The number of hydrogen-bond donors (Lipinski definition) is 1. The van der Waals surface area contributed by atoms with Gasteiger partial charge in [-0.2, -0.15) is 0 Å². The summed E-state index contributed by atoms with van der Waals surface area (Å²) in [6.45, 7) is 0. The molecule has 3 aliphatic rings. The van der Waals surface area contributed by atoms with Gasteiger partial charge < -0.3 is 10.2 Å². The van der Waals surface area contributed by atoms with Crippen molar-refractivity contribution in [2.24, 2.45) is 5.92 Å². The molecule has 39 heavy (non-hydrogen) atoms. The number of carbonyl (C=O) groups is 3. The van der Waals surface area contributed by atoms with Crippen molar-refractivity contribution in [1.82, 2.24) is 4.98 Å². The van der Waals surface area contributed by atoms with Crippen LogP contribution in [0.5, 0.6) is 0 Å². The van der Waals surface area contributed by atoms with E-state index in [0.717, 1.165) is 5.56 Å². The Kier molecular flexibility index (Phi) is 5.10. The molecule has 1 saturated heterocycles. The van der Waals surface area contributed by atoms with E-state index < -0.39 is 40.8 Å². The number of para-hydroxylation sites is 2. The molecule has 7 heteroatoms. The molecule has 0 radical (unpaired) electrons. The van der Waals surface area contributed by atoms with Gasteiger partial charge in [0.05, 0.1) is 17.5 Å². The third kappa shape index (κ3) is 3.13. The van der Waals surface area contributed by atoms with Crippen LogP contribution in [0.3, 0.4) is 0 Å². The van der Waals surface area contributed by atoms with Crippen LogP contribution in [-0.2, 0) is 10.2 Å². The standard InChI is InChI=1S/C32H22FN3O3/c33-22-12-4-2-10-20(22)29(37)28-27(30(38)24-14-7-8-18-34-24)32(21-11-3-5-13-23(21)35-31(32)39)26-17-16-19-9-1-6-15-25(19)36(26)28/h1-18,26-28H,(H,35,39)/t26-,27-,28+,32-/m1/s1. The fourth-order valence-electron chi connectivity index (χ4n) is 6.61. The molecule has 3 aromatic carbocycles. The third-order valence-corrected chi connectivity index (χ3v) is 8.15. The molecule has 1 spiro atoms. The smallest absolute Gasteiger partial charge is 0.238 e. The van der Waals surface area contributed by atoms with Crippen molar-refractivity contribution in [2.75, 3.05) is 10.2 Å². The van der Waals surface area contributed by atoms with Crippen LogP contribution in [0, 0.1) is 11.7 Å². The van der Waals surface area contributed by atoms with Gasteiger partial charge in [-0.15, -0.1) is 0 Å². The lowest BCUT2D eigenvalue weighted by Gasteiger charge is -2.37. The number of halogens is 1. The first-order chi connectivity index (χ1) is 19.0. The van der Waals surface area contributed by atoms with Crippen molar-refractivity contribution in [2.45, 2.75) is 17.5 Å². The maximum absolute atomic E-state index is 15.1. The van der Waals surface area contributed by atoms with Crippen molar-refractivity contribution in [3.8, 4) is 0 Å². The van der Waals surface area contributed by atoms with Gasteiger partial charge in [0, 0.05) is 17.6 Å². The highest BCUT2D eigenvalue weighted by molar-refractivity contribution is 6.18. The number of amides is 1. The molecule has 4 atom stereocenters. The highest BCUT2D eigenvalue weighted by Gasteiger charge is 2.70. The summed E-state index contributed by atoms with van der Waals surface area (Å²) in [5, 5.41) is 2.98. The average Bonchev–Trinajstić information content (AvgIpc) is 3.45. The maximum atomic E-state index is 15.1. The first-order valence-electron chi connectivity index (χ1n) is 12.7.